The molecule has 99 heavy (non-hydrogen) atoms. The summed E-state index contributed by atoms with van der Waals surface area (Å²) in [5, 5.41) is 53.9. The summed E-state index contributed by atoms with van der Waals surface area (Å²) in [6.07, 6.45) is 2.83. The van der Waals surface area contributed by atoms with Crippen molar-refractivity contribution in [1.82, 2.24) is 68.3 Å². The van der Waals surface area contributed by atoms with Gasteiger partial charge in [-0.15, -0.1) is 0 Å². The quantitative estimate of drug-likeness (QED) is 0.116. The molecule has 0 aromatic heterocycles. The number of carboxylic acid groups (broad SMARTS) is 1. The van der Waals surface area contributed by atoms with Gasteiger partial charge in [0.05, 0.1) is 19.1 Å². The first-order chi connectivity index (χ1) is 47.5. The number of hydrogen-bond acceptors (Lipinski definition) is 18. The first-order valence-electron chi connectivity index (χ1n) is 36.2. The zero-order valence-corrected chi connectivity index (χ0v) is 59.1. The minimum Gasteiger partial charge on any atom is -0.481 e. The number of benzene rings is 1. The molecule has 552 valence electrons. The van der Waals surface area contributed by atoms with Crippen molar-refractivity contribution in [2.45, 2.75) is 232 Å². The summed E-state index contributed by atoms with van der Waals surface area (Å²) in [5.41, 5.74) is 6.64. The number of aliphatic hydroxyl groups is 1. The molecule has 2 bridgehead atoms. The van der Waals surface area contributed by atoms with Crippen molar-refractivity contribution in [3.8, 4) is 0 Å². The Morgan fingerprint density at radius 3 is 1.90 bits per heavy atom. The average molecular weight is 1430 g/mol. The lowest BCUT2D eigenvalue weighted by atomic mass is 9.76. The summed E-state index contributed by atoms with van der Waals surface area (Å²) in [5.74, 6) is -6.74. The highest BCUT2D eigenvalue weighted by Gasteiger charge is 2.50. The van der Waals surface area contributed by atoms with Crippen LogP contribution in [0.1, 0.15) is 153 Å². The van der Waals surface area contributed by atoms with Gasteiger partial charge in [-0.3, -0.25) is 47.9 Å². The van der Waals surface area contributed by atoms with E-state index in [1.54, 1.807) is 35.3 Å². The molecule has 9 amide bonds. The van der Waals surface area contributed by atoms with Crippen LogP contribution in [0.3, 0.4) is 0 Å². The minimum atomic E-state index is -1.87. The number of nitrogens with one attached hydrogen (secondary N) is 11. The third-order valence-electron chi connectivity index (χ3n) is 22.0. The van der Waals surface area contributed by atoms with Crippen LogP contribution in [-0.2, 0) is 59.5 Å². The van der Waals surface area contributed by atoms with E-state index in [0.29, 0.717) is 139 Å². The number of nitrogens with two attached hydrogens (primary N) is 1. The Morgan fingerprint density at radius 2 is 1.27 bits per heavy atom. The van der Waals surface area contributed by atoms with Crippen LogP contribution in [-0.4, -0.2) is 229 Å². The molecule has 1 aromatic carbocycles. The molecule has 5 heterocycles. The van der Waals surface area contributed by atoms with Crippen LogP contribution in [0.4, 0.5) is 8.78 Å². The highest BCUT2D eigenvalue weighted by Crippen LogP contribution is 2.41. The van der Waals surface area contributed by atoms with Gasteiger partial charge >= 0.3 is 5.97 Å². The lowest BCUT2D eigenvalue weighted by Crippen LogP contribution is -2.62. The Labute approximate surface area is 588 Å². The molecule has 3 saturated carbocycles. The van der Waals surface area contributed by atoms with Gasteiger partial charge in [0.15, 0.2) is 0 Å². The standard InChI is InChI=1S/C69H108F2N14O12S2/c1-69-19-6-22-85(69)67(96)58(26-40-10-14-48(86)15-11-40)84(2)66(95)57(31-47-35-73-39-78-47)83-65(94)56(32-61(89)90)82-64(93)55(28-44-34-76-52-17-13-46(71)30-50(44)52)81-63(92)54(27-43-33-75-51-16-12-45(70)29-49(43)51)80-60(88)36-77-62(91)53(9-3-4-20-72)79-59(87)18-23-98-37-41-7-5-8-42(25-41)38-99-24-21-74-68(69)97/h5,7-8,25,40,43-58,73,75-76,78,86H,3-4,6,9-24,26-39,72H2,1-2H3,(H,74,97)(H,77,91)(H,79,87)(H,80,88)(H,81,92)(H,82,93)(H,83,94)(H,89,90)/t40?,43?,44?,45?,46?,47?,48?,49?,50?,51?,52?,53-,54-,55-,56-,57-,58-,69-/m0/s1. The molecule has 30 heteroatoms. The second-order valence-corrected chi connectivity index (χ2v) is 31.3. The second kappa shape index (κ2) is 37.4. The van der Waals surface area contributed by atoms with Gasteiger partial charge in [-0.1, -0.05) is 24.3 Å². The SMILES string of the molecule is CN1C(=O)[C@H](CC2CNCN2)NC(=O)[C@H](CC(=O)O)NC(=O)[C@H](CC2CNC3CCC(F)CC23)NC(=O)[C@H](CC2CNC3CCC(F)CC23)NC(=O)CNC(=O)[C@H](CCCCN)NC(=O)CCSCc2cccc(c2)CSCCNC(=O)[C@]2(C)CCCN2C(=O)[C@@H]1CC1CCC(O)CC1. The molecule has 4 saturated heterocycles. The fraction of sp³-hybridized carbons (Fsp3) is 0.768. The van der Waals surface area contributed by atoms with Gasteiger partial charge in [0.1, 0.15) is 54.1 Å². The molecular formula is C69H108F2N14O12S2. The Kier molecular flexibility index (Phi) is 29.3. The number of carbonyl (C=O) groups excluding carboxylic acids is 9. The largest absolute Gasteiger partial charge is 0.481 e. The van der Waals surface area contributed by atoms with Crippen molar-refractivity contribution < 1.29 is 66.9 Å². The number of carbonyl (C=O) groups is 10. The smallest absolute Gasteiger partial charge is 0.305 e. The zero-order valence-electron chi connectivity index (χ0n) is 57.5. The van der Waals surface area contributed by atoms with Crippen LogP contribution < -0.4 is 64.2 Å². The van der Waals surface area contributed by atoms with E-state index in [1.807, 2.05) is 18.2 Å². The van der Waals surface area contributed by atoms with E-state index in [9.17, 15) is 34.2 Å². The van der Waals surface area contributed by atoms with Crippen LogP contribution in [0, 0.1) is 29.6 Å². The van der Waals surface area contributed by atoms with Gasteiger partial charge < -0.3 is 84.2 Å². The molecule has 9 unspecified atom stereocenters. The Balaban J connectivity index is 1.02. The molecule has 15 N–H and O–H groups in total. The van der Waals surface area contributed by atoms with Crippen molar-refractivity contribution in [3.05, 3.63) is 35.4 Å². The van der Waals surface area contributed by atoms with Crippen molar-refractivity contribution >= 4 is 82.7 Å². The molecule has 5 aliphatic heterocycles. The number of unbranched alkanes of at least 4 members (excludes halogenated alkanes) is 1. The van der Waals surface area contributed by atoms with Crippen LogP contribution in [0.15, 0.2) is 24.3 Å². The summed E-state index contributed by atoms with van der Waals surface area (Å²) in [6, 6.07) is -0.835. The molecule has 16 atom stereocenters. The van der Waals surface area contributed by atoms with Crippen LogP contribution >= 0.6 is 23.5 Å². The van der Waals surface area contributed by atoms with E-state index >= 15 is 32.8 Å². The topological polar surface area (TPSA) is 376 Å². The zero-order chi connectivity index (χ0) is 70.8. The fourth-order valence-electron chi connectivity index (χ4n) is 16.4. The molecule has 9 rings (SSSR count). The van der Waals surface area contributed by atoms with Crippen LogP contribution in [0.25, 0.3) is 0 Å². The molecule has 0 spiro atoms. The summed E-state index contributed by atoms with van der Waals surface area (Å²) < 4.78 is 30.5. The van der Waals surface area contributed by atoms with E-state index in [4.69, 9.17) is 5.73 Å². The van der Waals surface area contributed by atoms with Crippen molar-refractivity contribution in [2.75, 3.05) is 71.0 Å². The predicted octanol–water partition coefficient (Wildman–Crippen LogP) is 1.11. The Morgan fingerprint density at radius 1 is 0.667 bits per heavy atom. The van der Waals surface area contributed by atoms with E-state index in [1.165, 1.54) is 11.9 Å². The van der Waals surface area contributed by atoms with E-state index in [2.05, 4.69) is 64.6 Å². The number of aliphatic hydroxyl groups excluding tert-OH is 1. The first kappa shape index (κ1) is 77.4. The molecule has 1 aromatic rings. The molecule has 7 fully saturated rings. The number of carboxylic acids is 1. The number of thioether (sulfide) groups is 2. The predicted molar refractivity (Wildman–Crippen MR) is 371 cm³/mol. The number of hydrogen-bond donors (Lipinski definition) is 14. The maximum Gasteiger partial charge on any atom is 0.305 e. The maximum atomic E-state index is 15.4. The first-order valence-corrected chi connectivity index (χ1v) is 38.5. The summed E-state index contributed by atoms with van der Waals surface area (Å²) in [7, 11) is 1.48. The van der Waals surface area contributed by atoms with E-state index < -0.39 is 132 Å². The van der Waals surface area contributed by atoms with E-state index in [0.717, 1.165) is 11.1 Å². The average Bonchev–Trinajstić information content (AvgIpc) is 1.73. The van der Waals surface area contributed by atoms with Gasteiger partial charge in [0.25, 0.3) is 0 Å². The summed E-state index contributed by atoms with van der Waals surface area (Å²) in [4.78, 5) is 148. The van der Waals surface area contributed by atoms with Crippen molar-refractivity contribution in [3.63, 3.8) is 0 Å². The molecule has 26 nitrogen and oxygen atoms in total. The minimum absolute atomic E-state index is 0.0254. The highest BCUT2D eigenvalue weighted by molar-refractivity contribution is 7.98. The van der Waals surface area contributed by atoms with Crippen LogP contribution in [0.2, 0.25) is 0 Å². The normalized spacial score (nSPS) is 35.3. The van der Waals surface area contributed by atoms with Gasteiger partial charge in [-0.05, 0) is 189 Å². The number of likely N-dealkylation sites (N-methyl/N-ethyl adjacent to an activating group) is 1. The monoisotopic (exact) mass is 1430 g/mol. The third kappa shape index (κ3) is 21.9. The second-order valence-electron chi connectivity index (χ2n) is 29.1. The maximum absolute atomic E-state index is 15.4. The van der Waals surface area contributed by atoms with E-state index in [-0.39, 0.29) is 105 Å². The van der Waals surface area contributed by atoms with Gasteiger partial charge in [-0.25, -0.2) is 8.78 Å². The lowest BCUT2D eigenvalue weighted by Gasteiger charge is -2.41. The molecule has 0 radical (unpaired) electrons. The number of fused-ring (bicyclic) bond motifs is 5. The number of rotatable bonds is 14. The van der Waals surface area contributed by atoms with Crippen LogP contribution in [0.5, 0.6) is 0 Å². The van der Waals surface area contributed by atoms with Gasteiger partial charge in [-0.2, -0.15) is 23.5 Å². The van der Waals surface area contributed by atoms with Crippen molar-refractivity contribution in [1.29, 1.82) is 0 Å². The van der Waals surface area contributed by atoms with Gasteiger partial charge in [0, 0.05) is 80.9 Å². The summed E-state index contributed by atoms with van der Waals surface area (Å²) in [6.45, 7) is 3.46. The Bertz CT molecular complexity index is 2950. The highest BCUT2D eigenvalue weighted by atomic mass is 32.2. The van der Waals surface area contributed by atoms with Crippen molar-refractivity contribution in [2.24, 2.45) is 35.3 Å². The molecule has 3 aliphatic carbocycles. The fourth-order valence-corrected chi connectivity index (χ4v) is 18.0. The Hall–Kier alpha value is -5.76. The number of amides is 9. The third-order valence-corrected chi connectivity index (χ3v) is 24.1. The van der Waals surface area contributed by atoms with Gasteiger partial charge in [0.2, 0.25) is 53.2 Å². The number of alkyl halides is 2. The number of halogens is 2. The number of aliphatic carboxylic acids is 1. The summed E-state index contributed by atoms with van der Waals surface area (Å²) >= 11 is 3.19. The lowest BCUT2D eigenvalue weighted by molar-refractivity contribution is -0.153. The molecular weight excluding hydrogens is 1320 g/mol. The molecule has 8 aliphatic rings. The number of nitrogens with zero attached hydrogens (tertiary/aromatic N) is 2.